The van der Waals surface area contributed by atoms with Crippen LogP contribution in [0, 0.1) is 0 Å². The summed E-state index contributed by atoms with van der Waals surface area (Å²) in [5, 5.41) is 5.82. The number of hydrogen-bond acceptors (Lipinski definition) is 3. The molecule has 0 aliphatic heterocycles. The Morgan fingerprint density at radius 2 is 1.77 bits per heavy atom. The summed E-state index contributed by atoms with van der Waals surface area (Å²) < 4.78 is 0. The van der Waals surface area contributed by atoms with Crippen molar-refractivity contribution in [2.24, 2.45) is 0 Å². The maximum absolute atomic E-state index is 12.3. The zero-order chi connectivity index (χ0) is 18.9. The average Bonchev–Trinajstić information content (AvgIpc) is 2.83. The number of carbonyl (C=O) groups is 3. The van der Waals surface area contributed by atoms with E-state index in [1.165, 1.54) is 39.5 Å². The summed E-state index contributed by atoms with van der Waals surface area (Å²) in [5.41, 5.74) is 1.30. The Morgan fingerprint density at radius 1 is 1.08 bits per heavy atom. The van der Waals surface area contributed by atoms with E-state index in [-0.39, 0.29) is 30.2 Å². The predicted octanol–water partition coefficient (Wildman–Crippen LogP) is 3.23. The number of nitrogens with zero attached hydrogens (tertiary/aromatic N) is 1. The van der Waals surface area contributed by atoms with Crippen LogP contribution in [0.15, 0.2) is 24.3 Å². The van der Waals surface area contributed by atoms with Gasteiger partial charge in [0.2, 0.25) is 17.7 Å². The summed E-state index contributed by atoms with van der Waals surface area (Å²) in [4.78, 5) is 37.1. The fraction of sp³-hybridized carbons (Fsp3) is 0.550. The number of nitrogens with one attached hydrogen (secondary N) is 2. The summed E-state index contributed by atoms with van der Waals surface area (Å²) >= 11 is 0. The highest BCUT2D eigenvalue weighted by Crippen LogP contribution is 2.21. The van der Waals surface area contributed by atoms with Crippen molar-refractivity contribution >= 4 is 29.1 Å². The second-order valence-corrected chi connectivity index (χ2v) is 6.91. The van der Waals surface area contributed by atoms with Crippen molar-refractivity contribution in [2.75, 3.05) is 16.8 Å². The second kappa shape index (κ2) is 9.94. The topological polar surface area (TPSA) is 78.5 Å². The van der Waals surface area contributed by atoms with Crippen molar-refractivity contribution in [3.63, 3.8) is 0 Å². The summed E-state index contributed by atoms with van der Waals surface area (Å²) in [7, 11) is 0. The van der Waals surface area contributed by atoms with Crippen LogP contribution < -0.4 is 15.5 Å². The fourth-order valence-electron chi connectivity index (χ4n) is 3.36. The Balaban J connectivity index is 1.94. The van der Waals surface area contributed by atoms with Gasteiger partial charge in [0.15, 0.2) is 0 Å². The summed E-state index contributed by atoms with van der Waals surface area (Å²) in [5.74, 6) is -0.312. The highest BCUT2D eigenvalue weighted by Gasteiger charge is 2.17. The van der Waals surface area contributed by atoms with Crippen LogP contribution in [0.5, 0.6) is 0 Å². The monoisotopic (exact) mass is 359 g/mol. The van der Waals surface area contributed by atoms with Gasteiger partial charge in [-0.1, -0.05) is 31.7 Å². The molecule has 0 aromatic heterocycles. The number of amides is 3. The van der Waals surface area contributed by atoms with E-state index in [9.17, 15) is 14.4 Å². The molecule has 6 nitrogen and oxygen atoms in total. The van der Waals surface area contributed by atoms with Gasteiger partial charge in [0.1, 0.15) is 0 Å². The molecule has 0 unspecified atom stereocenters. The molecule has 1 aliphatic carbocycles. The number of hydrogen-bond donors (Lipinski definition) is 2. The van der Waals surface area contributed by atoms with Gasteiger partial charge in [0.25, 0.3) is 0 Å². The van der Waals surface area contributed by atoms with Crippen molar-refractivity contribution in [1.82, 2.24) is 5.32 Å². The lowest BCUT2D eigenvalue weighted by Gasteiger charge is -2.23. The van der Waals surface area contributed by atoms with Crippen LogP contribution in [0.4, 0.5) is 11.4 Å². The lowest BCUT2D eigenvalue weighted by Crippen LogP contribution is -2.38. The third-order valence-electron chi connectivity index (χ3n) is 4.64. The molecule has 0 saturated heterocycles. The Labute approximate surface area is 155 Å². The summed E-state index contributed by atoms with van der Waals surface area (Å²) in [6.45, 7) is 3.24. The van der Waals surface area contributed by atoms with Gasteiger partial charge in [-0.25, -0.2) is 0 Å². The molecule has 1 aromatic rings. The molecule has 6 heteroatoms. The fourth-order valence-corrected chi connectivity index (χ4v) is 3.36. The minimum atomic E-state index is -0.167. The van der Waals surface area contributed by atoms with Crippen LogP contribution in [0.2, 0.25) is 0 Å². The van der Waals surface area contributed by atoms with Crippen molar-refractivity contribution in [3.05, 3.63) is 24.3 Å². The number of rotatable bonds is 6. The first kappa shape index (κ1) is 19.9. The van der Waals surface area contributed by atoms with E-state index in [0.29, 0.717) is 17.9 Å². The van der Waals surface area contributed by atoms with Gasteiger partial charge >= 0.3 is 0 Å². The molecular formula is C20H29N3O3. The molecule has 142 valence electrons. The van der Waals surface area contributed by atoms with E-state index >= 15 is 0 Å². The molecule has 0 heterocycles. The van der Waals surface area contributed by atoms with Crippen LogP contribution in [0.25, 0.3) is 0 Å². The highest BCUT2D eigenvalue weighted by molar-refractivity contribution is 5.94. The van der Waals surface area contributed by atoms with Crippen LogP contribution in [-0.4, -0.2) is 30.3 Å². The lowest BCUT2D eigenvalue weighted by atomic mass is 10.1. The van der Waals surface area contributed by atoms with E-state index in [2.05, 4.69) is 10.6 Å². The second-order valence-electron chi connectivity index (χ2n) is 6.91. The predicted molar refractivity (Wildman–Crippen MR) is 103 cm³/mol. The van der Waals surface area contributed by atoms with Crippen molar-refractivity contribution < 1.29 is 14.4 Å². The molecule has 1 fully saturated rings. The van der Waals surface area contributed by atoms with E-state index in [4.69, 9.17) is 0 Å². The van der Waals surface area contributed by atoms with Gasteiger partial charge in [0.05, 0.1) is 0 Å². The van der Waals surface area contributed by atoms with Crippen LogP contribution >= 0.6 is 0 Å². The number of anilines is 2. The number of carbonyl (C=O) groups excluding carboxylic acids is 3. The van der Waals surface area contributed by atoms with E-state index < -0.39 is 0 Å². The first-order valence-corrected chi connectivity index (χ1v) is 9.41. The van der Waals surface area contributed by atoms with Crippen molar-refractivity contribution in [2.45, 2.75) is 64.8 Å². The summed E-state index contributed by atoms with van der Waals surface area (Å²) in [6.07, 6.45) is 7.17. The van der Waals surface area contributed by atoms with E-state index in [0.717, 1.165) is 12.8 Å². The molecule has 1 aromatic carbocycles. The van der Waals surface area contributed by atoms with Crippen molar-refractivity contribution in [1.29, 1.82) is 0 Å². The van der Waals surface area contributed by atoms with Crippen LogP contribution in [-0.2, 0) is 14.4 Å². The third kappa shape index (κ3) is 6.50. The van der Waals surface area contributed by atoms with Crippen LogP contribution in [0.1, 0.15) is 58.8 Å². The molecule has 2 rings (SSSR count). The zero-order valence-electron chi connectivity index (χ0n) is 15.7. The molecule has 3 amide bonds. The minimum absolute atomic E-state index is 0.0128. The standard InChI is InChI=1S/C20H29N3O3/c1-15(24)21-18-10-7-11-19(14-18)23(16(2)25)13-12-20(26)22-17-8-5-3-4-6-9-17/h7,10-11,14,17H,3-6,8-9,12-13H2,1-2H3,(H,21,24)(H,22,26). The Bertz CT molecular complexity index is 637. The maximum atomic E-state index is 12.3. The maximum Gasteiger partial charge on any atom is 0.223 e. The first-order chi connectivity index (χ1) is 12.5. The Morgan fingerprint density at radius 3 is 2.38 bits per heavy atom. The third-order valence-corrected chi connectivity index (χ3v) is 4.64. The number of benzene rings is 1. The van der Waals surface area contributed by atoms with Gasteiger partial charge < -0.3 is 15.5 Å². The quantitative estimate of drug-likeness (QED) is 0.766. The molecule has 0 radical (unpaired) electrons. The molecule has 1 saturated carbocycles. The van der Waals surface area contributed by atoms with Gasteiger partial charge in [-0.05, 0) is 31.0 Å². The minimum Gasteiger partial charge on any atom is -0.353 e. The molecule has 0 spiro atoms. The Hall–Kier alpha value is -2.37. The molecule has 0 atom stereocenters. The largest absolute Gasteiger partial charge is 0.353 e. The lowest BCUT2D eigenvalue weighted by molar-refractivity contribution is -0.121. The molecule has 26 heavy (non-hydrogen) atoms. The average molecular weight is 359 g/mol. The highest BCUT2D eigenvalue weighted by atomic mass is 16.2. The van der Waals surface area contributed by atoms with Crippen molar-refractivity contribution in [3.8, 4) is 0 Å². The van der Waals surface area contributed by atoms with Gasteiger partial charge in [0, 0.05) is 44.2 Å². The summed E-state index contributed by atoms with van der Waals surface area (Å²) in [6, 6.07) is 7.35. The molecule has 0 bridgehead atoms. The normalized spacial score (nSPS) is 15.0. The van der Waals surface area contributed by atoms with Crippen LogP contribution in [0.3, 0.4) is 0 Å². The zero-order valence-corrected chi connectivity index (χ0v) is 15.7. The first-order valence-electron chi connectivity index (χ1n) is 9.41. The molecular weight excluding hydrogens is 330 g/mol. The van der Waals surface area contributed by atoms with Gasteiger partial charge in [-0.3, -0.25) is 14.4 Å². The van der Waals surface area contributed by atoms with Gasteiger partial charge in [-0.15, -0.1) is 0 Å². The molecule has 2 N–H and O–H groups in total. The SMILES string of the molecule is CC(=O)Nc1cccc(N(CCC(=O)NC2CCCCCC2)C(C)=O)c1. The van der Waals surface area contributed by atoms with E-state index in [1.807, 2.05) is 0 Å². The van der Waals surface area contributed by atoms with Gasteiger partial charge in [-0.2, -0.15) is 0 Å². The Kier molecular flexibility index (Phi) is 7.63. The smallest absolute Gasteiger partial charge is 0.223 e. The molecule has 1 aliphatic rings. The van der Waals surface area contributed by atoms with E-state index in [1.54, 1.807) is 29.2 Å².